The zero-order valence-electron chi connectivity index (χ0n) is 12.8. The van der Waals surface area contributed by atoms with E-state index in [1.54, 1.807) is 16.4 Å². The number of nitro benzene ring substituents is 1. The van der Waals surface area contributed by atoms with Crippen molar-refractivity contribution in [2.24, 2.45) is 4.99 Å². The van der Waals surface area contributed by atoms with Crippen molar-refractivity contribution in [3.8, 4) is 0 Å². The number of carbonyl (C=O) groups is 1. The quantitative estimate of drug-likeness (QED) is 0.452. The number of nitrogens with zero attached hydrogens (tertiary/aromatic N) is 4. The molecule has 1 aromatic carbocycles. The van der Waals surface area contributed by atoms with Crippen LogP contribution < -0.4 is 4.80 Å². The van der Waals surface area contributed by atoms with Crippen LogP contribution in [0, 0.1) is 10.1 Å². The molecule has 23 heavy (non-hydrogen) atoms. The Morgan fingerprint density at radius 1 is 1.39 bits per heavy atom. The molecular formula is C14H16N4O3S2. The van der Waals surface area contributed by atoms with Gasteiger partial charge in [0.2, 0.25) is 4.80 Å². The van der Waals surface area contributed by atoms with Gasteiger partial charge in [-0.1, -0.05) is 36.9 Å². The third-order valence-electron chi connectivity index (χ3n) is 2.83. The first-order chi connectivity index (χ1) is 11.0. The van der Waals surface area contributed by atoms with Gasteiger partial charge in [-0.3, -0.25) is 14.9 Å². The van der Waals surface area contributed by atoms with Gasteiger partial charge >= 0.3 is 0 Å². The van der Waals surface area contributed by atoms with Gasteiger partial charge in [0, 0.05) is 24.2 Å². The topological polar surface area (TPSA) is 90.4 Å². The van der Waals surface area contributed by atoms with Crippen LogP contribution in [-0.4, -0.2) is 26.4 Å². The Morgan fingerprint density at radius 2 is 2.09 bits per heavy atom. The van der Waals surface area contributed by atoms with Gasteiger partial charge in [-0.2, -0.15) is 10.1 Å². The van der Waals surface area contributed by atoms with Gasteiger partial charge < -0.3 is 0 Å². The molecule has 0 saturated carbocycles. The van der Waals surface area contributed by atoms with Gasteiger partial charge in [-0.15, -0.1) is 0 Å². The summed E-state index contributed by atoms with van der Waals surface area (Å²) in [4.78, 5) is 27.0. The van der Waals surface area contributed by atoms with Crippen LogP contribution in [0.15, 0.2) is 33.6 Å². The van der Waals surface area contributed by atoms with E-state index in [9.17, 15) is 14.9 Å². The molecule has 9 heteroatoms. The Kier molecular flexibility index (Phi) is 6.05. The molecule has 0 N–H and O–H groups in total. The lowest BCUT2D eigenvalue weighted by molar-refractivity contribution is -0.384. The summed E-state index contributed by atoms with van der Waals surface area (Å²) in [6, 6.07) is 5.43. The molecule has 0 aliphatic heterocycles. The van der Waals surface area contributed by atoms with E-state index in [4.69, 9.17) is 0 Å². The average Bonchev–Trinajstić information content (AvgIpc) is 2.89. The summed E-state index contributed by atoms with van der Waals surface area (Å²) < 4.78 is 2.60. The van der Waals surface area contributed by atoms with Crippen molar-refractivity contribution in [1.82, 2.24) is 9.78 Å². The first kappa shape index (κ1) is 17.4. The number of hydrogen-bond acceptors (Lipinski definition) is 6. The predicted octanol–water partition coefficient (Wildman–Crippen LogP) is 3.12. The smallest absolute Gasteiger partial charge is 0.267 e. The third-order valence-corrected chi connectivity index (χ3v) is 4.79. The van der Waals surface area contributed by atoms with Crippen molar-refractivity contribution in [2.45, 2.75) is 31.2 Å². The van der Waals surface area contributed by atoms with Crippen LogP contribution in [0.25, 0.3) is 0 Å². The number of benzene rings is 1. The predicted molar refractivity (Wildman–Crippen MR) is 89.8 cm³/mol. The maximum atomic E-state index is 12.2. The summed E-state index contributed by atoms with van der Waals surface area (Å²) in [6.07, 6.45) is 0.888. The molecule has 2 aromatic rings. The number of aromatic nitrogens is 2. The zero-order valence-corrected chi connectivity index (χ0v) is 14.4. The SMILES string of the molecule is CCCn1nc(SCC)sc1=NC(=O)c1ccc([N+](=O)[O-])cc1. The van der Waals surface area contributed by atoms with Crippen molar-refractivity contribution in [2.75, 3.05) is 5.75 Å². The van der Waals surface area contributed by atoms with Crippen molar-refractivity contribution in [3.05, 3.63) is 44.7 Å². The molecule has 2 rings (SSSR count). The minimum atomic E-state index is -0.502. The van der Waals surface area contributed by atoms with Crippen LogP contribution in [0.4, 0.5) is 5.69 Å². The lowest BCUT2D eigenvalue weighted by Gasteiger charge is -1.97. The van der Waals surface area contributed by atoms with Crippen molar-refractivity contribution < 1.29 is 9.72 Å². The Bertz CT molecular complexity index is 765. The van der Waals surface area contributed by atoms with E-state index >= 15 is 0 Å². The molecule has 1 heterocycles. The number of amides is 1. The highest BCUT2D eigenvalue weighted by molar-refractivity contribution is 8.00. The Morgan fingerprint density at radius 3 is 2.65 bits per heavy atom. The Balaban J connectivity index is 2.32. The fourth-order valence-electron chi connectivity index (χ4n) is 1.79. The number of nitro groups is 1. The van der Waals surface area contributed by atoms with Gasteiger partial charge in [0.25, 0.3) is 11.6 Å². The fourth-order valence-corrected chi connectivity index (χ4v) is 3.67. The highest BCUT2D eigenvalue weighted by Gasteiger charge is 2.10. The first-order valence-electron chi connectivity index (χ1n) is 7.09. The first-order valence-corrected chi connectivity index (χ1v) is 8.89. The number of rotatable bonds is 6. The lowest BCUT2D eigenvalue weighted by Crippen LogP contribution is -2.18. The summed E-state index contributed by atoms with van der Waals surface area (Å²) >= 11 is 2.98. The average molecular weight is 352 g/mol. The molecule has 0 radical (unpaired) electrons. The summed E-state index contributed by atoms with van der Waals surface area (Å²) in [5, 5.41) is 15.1. The molecule has 122 valence electrons. The van der Waals surface area contributed by atoms with Crippen LogP contribution in [0.3, 0.4) is 0 Å². The summed E-state index contributed by atoms with van der Waals surface area (Å²) in [5.74, 6) is 0.469. The van der Waals surface area contributed by atoms with E-state index in [0.29, 0.717) is 16.9 Å². The molecule has 7 nitrogen and oxygen atoms in total. The summed E-state index contributed by atoms with van der Waals surface area (Å²) in [5.41, 5.74) is 0.263. The molecular weight excluding hydrogens is 336 g/mol. The van der Waals surface area contributed by atoms with Crippen molar-refractivity contribution >= 4 is 34.7 Å². The van der Waals surface area contributed by atoms with E-state index in [1.807, 2.05) is 13.8 Å². The number of carbonyl (C=O) groups excluding carboxylic acids is 1. The third kappa shape index (κ3) is 4.49. The second kappa shape index (κ2) is 8.02. The van der Waals surface area contributed by atoms with Gasteiger partial charge in [-0.05, 0) is 24.3 Å². The molecule has 0 bridgehead atoms. The highest BCUT2D eigenvalue weighted by atomic mass is 32.2. The molecule has 0 atom stereocenters. The van der Waals surface area contributed by atoms with E-state index in [1.165, 1.54) is 35.6 Å². The second-order valence-corrected chi connectivity index (χ2v) is 6.99. The molecule has 0 fully saturated rings. The minimum Gasteiger partial charge on any atom is -0.267 e. The van der Waals surface area contributed by atoms with E-state index < -0.39 is 10.8 Å². The standard InChI is InChI=1S/C14H16N4O3S2/c1-3-9-17-13(23-14(16-17)22-4-2)15-12(19)10-5-7-11(8-6-10)18(20)21/h5-8H,3-4,9H2,1-2H3. The van der Waals surface area contributed by atoms with Gasteiger partial charge in [0.15, 0.2) is 4.34 Å². The largest absolute Gasteiger partial charge is 0.279 e. The maximum absolute atomic E-state index is 12.2. The summed E-state index contributed by atoms with van der Waals surface area (Å²) in [6.45, 7) is 4.75. The van der Waals surface area contributed by atoms with Crippen LogP contribution in [0.1, 0.15) is 30.6 Å². The summed E-state index contributed by atoms with van der Waals surface area (Å²) in [7, 11) is 0. The molecule has 0 aliphatic rings. The Hall–Kier alpha value is -2.00. The lowest BCUT2D eigenvalue weighted by atomic mass is 10.2. The Labute approximate surface area is 141 Å². The molecule has 0 aliphatic carbocycles. The molecule has 1 amide bonds. The second-order valence-electron chi connectivity index (χ2n) is 4.53. The van der Waals surface area contributed by atoms with Gasteiger partial charge in [0.1, 0.15) is 0 Å². The highest BCUT2D eigenvalue weighted by Crippen LogP contribution is 2.17. The molecule has 1 aromatic heterocycles. The van der Waals surface area contributed by atoms with Crippen molar-refractivity contribution in [3.63, 3.8) is 0 Å². The van der Waals surface area contributed by atoms with E-state index in [0.717, 1.165) is 16.5 Å². The zero-order chi connectivity index (χ0) is 16.8. The van der Waals surface area contributed by atoms with Crippen LogP contribution in [-0.2, 0) is 6.54 Å². The number of non-ortho nitro benzene ring substituents is 1. The van der Waals surface area contributed by atoms with Gasteiger partial charge in [0.05, 0.1) is 4.92 Å². The van der Waals surface area contributed by atoms with Gasteiger partial charge in [-0.25, -0.2) is 4.68 Å². The monoisotopic (exact) mass is 352 g/mol. The van der Waals surface area contributed by atoms with Crippen LogP contribution in [0.2, 0.25) is 0 Å². The fraction of sp³-hybridized carbons (Fsp3) is 0.357. The van der Waals surface area contributed by atoms with E-state index in [2.05, 4.69) is 10.1 Å². The number of aryl methyl sites for hydroxylation is 1. The number of hydrogen-bond donors (Lipinski definition) is 0. The molecule has 0 spiro atoms. The van der Waals surface area contributed by atoms with Crippen LogP contribution >= 0.6 is 23.1 Å². The minimum absolute atomic E-state index is 0.0537. The molecule has 0 unspecified atom stereocenters. The maximum Gasteiger partial charge on any atom is 0.279 e. The van der Waals surface area contributed by atoms with Crippen LogP contribution in [0.5, 0.6) is 0 Å². The van der Waals surface area contributed by atoms with Crippen molar-refractivity contribution in [1.29, 1.82) is 0 Å². The molecule has 0 saturated heterocycles. The van der Waals surface area contributed by atoms with E-state index in [-0.39, 0.29) is 5.69 Å². The normalized spacial score (nSPS) is 11.7. The number of thioether (sulfide) groups is 1.